The SMILES string of the molecule is FC(F)c1ccc(Cn2cc(Br)cn2)cc1. The summed E-state index contributed by atoms with van der Waals surface area (Å²) in [6.07, 6.45) is 1.11. The van der Waals surface area contributed by atoms with Gasteiger partial charge in [0.2, 0.25) is 0 Å². The van der Waals surface area contributed by atoms with E-state index in [4.69, 9.17) is 0 Å². The molecule has 1 aromatic carbocycles. The first-order chi connectivity index (χ1) is 7.65. The van der Waals surface area contributed by atoms with Crippen LogP contribution >= 0.6 is 15.9 Å². The summed E-state index contributed by atoms with van der Waals surface area (Å²) in [7, 11) is 0. The van der Waals surface area contributed by atoms with Gasteiger partial charge in [-0.2, -0.15) is 5.10 Å². The Hall–Kier alpha value is -1.23. The lowest BCUT2D eigenvalue weighted by atomic mass is 10.1. The second kappa shape index (κ2) is 4.74. The van der Waals surface area contributed by atoms with Crippen LogP contribution in [0.25, 0.3) is 0 Å². The maximum Gasteiger partial charge on any atom is 0.263 e. The van der Waals surface area contributed by atoms with Gasteiger partial charge in [0.15, 0.2) is 0 Å². The van der Waals surface area contributed by atoms with Crippen LogP contribution in [-0.2, 0) is 6.54 Å². The Bertz CT molecular complexity index is 465. The van der Waals surface area contributed by atoms with Crippen molar-refractivity contribution in [2.24, 2.45) is 0 Å². The zero-order valence-corrected chi connectivity index (χ0v) is 9.86. The average molecular weight is 287 g/mol. The molecule has 1 aromatic heterocycles. The molecule has 0 spiro atoms. The van der Waals surface area contributed by atoms with Crippen LogP contribution in [0.15, 0.2) is 41.1 Å². The summed E-state index contributed by atoms with van der Waals surface area (Å²) in [6.45, 7) is 0.578. The molecule has 0 atom stereocenters. The molecule has 84 valence electrons. The van der Waals surface area contributed by atoms with E-state index in [9.17, 15) is 8.78 Å². The van der Waals surface area contributed by atoms with Crippen LogP contribution < -0.4 is 0 Å². The monoisotopic (exact) mass is 286 g/mol. The number of nitrogens with zero attached hydrogens (tertiary/aromatic N) is 2. The van der Waals surface area contributed by atoms with Crippen molar-refractivity contribution in [3.8, 4) is 0 Å². The van der Waals surface area contributed by atoms with Gasteiger partial charge in [-0.1, -0.05) is 24.3 Å². The van der Waals surface area contributed by atoms with Crippen molar-refractivity contribution in [1.29, 1.82) is 0 Å². The Kier molecular flexibility index (Phi) is 3.33. The van der Waals surface area contributed by atoms with Gasteiger partial charge in [-0.05, 0) is 21.5 Å². The third kappa shape index (κ3) is 2.66. The molecule has 2 nitrogen and oxygen atoms in total. The van der Waals surface area contributed by atoms with Gasteiger partial charge in [-0.25, -0.2) is 8.78 Å². The fraction of sp³-hybridized carbons (Fsp3) is 0.182. The molecule has 0 saturated heterocycles. The molecule has 0 fully saturated rings. The van der Waals surface area contributed by atoms with Crippen molar-refractivity contribution >= 4 is 15.9 Å². The van der Waals surface area contributed by atoms with E-state index in [2.05, 4.69) is 21.0 Å². The van der Waals surface area contributed by atoms with E-state index in [0.29, 0.717) is 6.54 Å². The molecular weight excluding hydrogens is 278 g/mol. The lowest BCUT2D eigenvalue weighted by Crippen LogP contribution is -1.99. The summed E-state index contributed by atoms with van der Waals surface area (Å²) in [4.78, 5) is 0. The van der Waals surface area contributed by atoms with Crippen molar-refractivity contribution in [2.45, 2.75) is 13.0 Å². The first-order valence-corrected chi connectivity index (χ1v) is 5.49. The molecule has 0 aliphatic heterocycles. The predicted molar refractivity (Wildman–Crippen MR) is 60.4 cm³/mol. The van der Waals surface area contributed by atoms with Crippen molar-refractivity contribution in [2.75, 3.05) is 0 Å². The highest BCUT2D eigenvalue weighted by Gasteiger charge is 2.06. The van der Waals surface area contributed by atoms with E-state index in [-0.39, 0.29) is 5.56 Å². The van der Waals surface area contributed by atoms with E-state index in [0.717, 1.165) is 10.0 Å². The minimum Gasteiger partial charge on any atom is -0.267 e. The zero-order chi connectivity index (χ0) is 11.5. The smallest absolute Gasteiger partial charge is 0.263 e. The van der Waals surface area contributed by atoms with Crippen LogP contribution in [0.5, 0.6) is 0 Å². The summed E-state index contributed by atoms with van der Waals surface area (Å²) < 4.78 is 27.2. The maximum absolute atomic E-state index is 12.3. The Morgan fingerprint density at radius 2 is 1.94 bits per heavy atom. The molecular formula is C11H9BrF2N2. The normalized spacial score (nSPS) is 11.0. The third-order valence-electron chi connectivity index (χ3n) is 2.18. The van der Waals surface area contributed by atoms with Gasteiger partial charge in [0.25, 0.3) is 6.43 Å². The van der Waals surface area contributed by atoms with Crippen molar-refractivity contribution in [3.63, 3.8) is 0 Å². The van der Waals surface area contributed by atoms with Crippen LogP contribution in [0.4, 0.5) is 8.78 Å². The Morgan fingerprint density at radius 1 is 1.25 bits per heavy atom. The van der Waals surface area contributed by atoms with E-state index in [1.165, 1.54) is 12.1 Å². The Labute approximate surface area is 100 Å². The third-order valence-corrected chi connectivity index (χ3v) is 2.59. The fourth-order valence-electron chi connectivity index (χ4n) is 1.38. The Morgan fingerprint density at radius 3 is 2.44 bits per heavy atom. The van der Waals surface area contributed by atoms with Crippen LogP contribution in [0, 0.1) is 0 Å². The minimum atomic E-state index is -2.41. The molecule has 0 N–H and O–H groups in total. The lowest BCUT2D eigenvalue weighted by Gasteiger charge is -2.03. The van der Waals surface area contributed by atoms with Crippen molar-refractivity contribution < 1.29 is 8.78 Å². The number of aromatic nitrogens is 2. The van der Waals surface area contributed by atoms with Gasteiger partial charge in [-0.3, -0.25) is 4.68 Å². The number of alkyl halides is 2. The molecule has 0 bridgehead atoms. The van der Waals surface area contributed by atoms with Crippen LogP contribution in [-0.4, -0.2) is 9.78 Å². The number of rotatable bonds is 3. The van der Waals surface area contributed by atoms with Crippen LogP contribution in [0.3, 0.4) is 0 Å². The molecule has 0 amide bonds. The Balaban J connectivity index is 2.11. The first kappa shape index (κ1) is 11.3. The van der Waals surface area contributed by atoms with Crippen molar-refractivity contribution in [3.05, 3.63) is 52.3 Å². The number of hydrogen-bond acceptors (Lipinski definition) is 1. The molecule has 2 aromatic rings. The summed E-state index contributed by atoms with van der Waals surface area (Å²) in [5.74, 6) is 0. The van der Waals surface area contributed by atoms with Crippen LogP contribution in [0.1, 0.15) is 17.6 Å². The maximum atomic E-state index is 12.3. The first-order valence-electron chi connectivity index (χ1n) is 4.70. The molecule has 0 radical (unpaired) electrons. The van der Waals surface area contributed by atoms with Gasteiger partial charge in [0.1, 0.15) is 0 Å². The van der Waals surface area contributed by atoms with Crippen molar-refractivity contribution in [1.82, 2.24) is 9.78 Å². The highest BCUT2D eigenvalue weighted by molar-refractivity contribution is 9.10. The number of halogens is 3. The molecule has 0 unspecified atom stereocenters. The fourth-order valence-corrected chi connectivity index (χ4v) is 1.71. The zero-order valence-electron chi connectivity index (χ0n) is 8.28. The van der Waals surface area contributed by atoms with Crippen LogP contribution in [0.2, 0.25) is 0 Å². The minimum absolute atomic E-state index is 0.0467. The summed E-state index contributed by atoms with van der Waals surface area (Å²) in [5.41, 5.74) is 0.991. The quantitative estimate of drug-likeness (QED) is 0.843. The molecule has 2 rings (SSSR count). The lowest BCUT2D eigenvalue weighted by molar-refractivity contribution is 0.151. The van der Waals surface area contributed by atoms with Gasteiger partial charge in [0.05, 0.1) is 17.2 Å². The largest absolute Gasteiger partial charge is 0.267 e. The number of benzene rings is 1. The van der Waals surface area contributed by atoms with Gasteiger partial charge >= 0.3 is 0 Å². The summed E-state index contributed by atoms with van der Waals surface area (Å²) in [6, 6.07) is 6.27. The van der Waals surface area contributed by atoms with E-state index < -0.39 is 6.43 Å². The van der Waals surface area contributed by atoms with Gasteiger partial charge < -0.3 is 0 Å². The molecule has 0 saturated carbocycles. The van der Waals surface area contributed by atoms with Gasteiger partial charge in [0, 0.05) is 11.8 Å². The van der Waals surface area contributed by atoms with Gasteiger partial charge in [-0.15, -0.1) is 0 Å². The topological polar surface area (TPSA) is 17.8 Å². The highest BCUT2D eigenvalue weighted by atomic mass is 79.9. The van der Waals surface area contributed by atoms with E-state index in [1.54, 1.807) is 23.0 Å². The molecule has 0 aliphatic carbocycles. The highest BCUT2D eigenvalue weighted by Crippen LogP contribution is 2.19. The second-order valence-electron chi connectivity index (χ2n) is 3.40. The molecule has 0 aliphatic rings. The predicted octanol–water partition coefficient (Wildman–Crippen LogP) is 3.63. The van der Waals surface area contributed by atoms with E-state index in [1.807, 2.05) is 6.20 Å². The standard InChI is InChI=1S/C11H9BrF2N2/c12-10-5-15-16(7-10)6-8-1-3-9(4-2-8)11(13)14/h1-5,7,11H,6H2. The molecule has 1 heterocycles. The molecule has 5 heteroatoms. The average Bonchev–Trinajstić information content (AvgIpc) is 2.65. The number of hydrogen-bond donors (Lipinski definition) is 0. The summed E-state index contributed by atoms with van der Waals surface area (Å²) >= 11 is 3.29. The summed E-state index contributed by atoms with van der Waals surface area (Å²) in [5, 5.41) is 4.09. The second-order valence-corrected chi connectivity index (χ2v) is 4.31. The van der Waals surface area contributed by atoms with E-state index >= 15 is 0 Å². The molecule has 16 heavy (non-hydrogen) atoms.